The van der Waals surface area contributed by atoms with Crippen LogP contribution in [0.1, 0.15) is 40.2 Å². The first-order valence-corrected chi connectivity index (χ1v) is 11.0. The van der Waals surface area contributed by atoms with Gasteiger partial charge < -0.3 is 21.1 Å². The third-order valence-corrected chi connectivity index (χ3v) is 5.91. The number of imidazole rings is 1. The maximum absolute atomic E-state index is 12.9. The van der Waals surface area contributed by atoms with Gasteiger partial charge in [-0.05, 0) is 48.6 Å². The van der Waals surface area contributed by atoms with Crippen LogP contribution in [0, 0.1) is 0 Å². The van der Waals surface area contributed by atoms with Gasteiger partial charge in [-0.1, -0.05) is 24.3 Å². The van der Waals surface area contributed by atoms with E-state index < -0.39 is 6.03 Å². The topological polar surface area (TPSA) is 121 Å². The van der Waals surface area contributed by atoms with E-state index in [0.29, 0.717) is 45.3 Å². The number of anilines is 2. The molecule has 172 valence electrons. The fourth-order valence-electron chi connectivity index (χ4n) is 3.96. The minimum absolute atomic E-state index is 0.255. The lowest BCUT2D eigenvalue weighted by molar-refractivity contribution is 0.102. The number of hydrogen-bond acceptors (Lipinski definition) is 5. The molecule has 2 aromatic heterocycles. The van der Waals surface area contributed by atoms with E-state index in [1.807, 2.05) is 24.3 Å². The summed E-state index contributed by atoms with van der Waals surface area (Å²) in [5, 5.41) is 23.0. The summed E-state index contributed by atoms with van der Waals surface area (Å²) < 4.78 is 1.55. The summed E-state index contributed by atoms with van der Waals surface area (Å²) in [6.07, 6.45) is 5.66. The summed E-state index contributed by atoms with van der Waals surface area (Å²) in [4.78, 5) is 29.1. The van der Waals surface area contributed by atoms with E-state index in [1.165, 1.54) is 25.5 Å². The van der Waals surface area contributed by atoms with Gasteiger partial charge in [-0.3, -0.25) is 4.79 Å². The average Bonchev–Trinajstić information content (AvgIpc) is 3.60. The molecule has 5 rings (SSSR count). The molecule has 0 aliphatic heterocycles. The minimum Gasteiger partial charge on any atom is -0.392 e. The van der Waals surface area contributed by atoms with Gasteiger partial charge in [-0.25, -0.2) is 14.3 Å². The Bertz CT molecular complexity index is 1380. The lowest BCUT2D eigenvalue weighted by atomic mass is 10.0. The van der Waals surface area contributed by atoms with Crippen LogP contribution in [0.25, 0.3) is 16.9 Å². The van der Waals surface area contributed by atoms with Crippen molar-refractivity contribution in [3.8, 4) is 11.3 Å². The number of rotatable bonds is 6. The van der Waals surface area contributed by atoms with Crippen LogP contribution in [-0.4, -0.2) is 38.7 Å². The Hall–Kier alpha value is -4.24. The molecule has 3 amide bonds. The number of aliphatic hydroxyl groups is 1. The van der Waals surface area contributed by atoms with E-state index in [2.05, 4.69) is 26.0 Å². The van der Waals surface area contributed by atoms with E-state index >= 15 is 0 Å². The molecule has 2 heterocycles. The molecular weight excluding hydrogens is 432 g/mol. The standard InChI is InChI=1S/C25H24N6O3/c1-26-25(34)29-22-13-21(30-31-12-11-27-23(22)31)18-3-2-4-20(19(18)14-32)28-24(33)17-9-7-16(8-10-17)15-5-6-15/h2-4,7-13,15,32H,5-6,14H2,1H3,(H,28,33)(H2,26,29,34). The molecule has 1 fully saturated rings. The number of benzene rings is 2. The predicted molar refractivity (Wildman–Crippen MR) is 129 cm³/mol. The summed E-state index contributed by atoms with van der Waals surface area (Å²) in [5.41, 5.74) is 4.89. The van der Waals surface area contributed by atoms with Gasteiger partial charge in [0.25, 0.3) is 5.91 Å². The number of carbonyl (C=O) groups is 2. The van der Waals surface area contributed by atoms with E-state index in [-0.39, 0.29) is 12.5 Å². The van der Waals surface area contributed by atoms with Crippen LogP contribution < -0.4 is 16.0 Å². The predicted octanol–water partition coefficient (Wildman–Crippen LogP) is 3.77. The van der Waals surface area contributed by atoms with E-state index in [4.69, 9.17) is 0 Å². The molecular formula is C25H24N6O3. The molecule has 4 N–H and O–H groups in total. The van der Waals surface area contributed by atoms with Crippen molar-refractivity contribution in [2.24, 2.45) is 0 Å². The van der Waals surface area contributed by atoms with Crippen molar-refractivity contribution in [3.05, 3.63) is 77.6 Å². The first kappa shape index (κ1) is 21.6. The molecule has 0 radical (unpaired) electrons. The maximum Gasteiger partial charge on any atom is 0.319 e. The van der Waals surface area contributed by atoms with Crippen LogP contribution in [0.2, 0.25) is 0 Å². The molecule has 0 atom stereocenters. The van der Waals surface area contributed by atoms with Crippen LogP contribution in [0.3, 0.4) is 0 Å². The average molecular weight is 457 g/mol. The Labute approximate surface area is 195 Å². The first-order chi connectivity index (χ1) is 16.6. The highest BCUT2D eigenvalue weighted by molar-refractivity contribution is 6.05. The fourth-order valence-corrected chi connectivity index (χ4v) is 3.96. The van der Waals surface area contributed by atoms with Crippen molar-refractivity contribution in [2.75, 3.05) is 17.7 Å². The van der Waals surface area contributed by atoms with Crippen molar-refractivity contribution < 1.29 is 14.7 Å². The number of amides is 3. The highest BCUT2D eigenvalue weighted by atomic mass is 16.3. The van der Waals surface area contributed by atoms with Crippen LogP contribution in [0.4, 0.5) is 16.2 Å². The number of hydrogen-bond donors (Lipinski definition) is 4. The number of nitrogens with one attached hydrogen (secondary N) is 3. The van der Waals surface area contributed by atoms with Gasteiger partial charge in [0.05, 0.1) is 18.0 Å². The minimum atomic E-state index is -0.391. The summed E-state index contributed by atoms with van der Waals surface area (Å²) in [6, 6.07) is 14.3. The molecule has 1 aliphatic carbocycles. The van der Waals surface area contributed by atoms with Gasteiger partial charge in [0.2, 0.25) is 0 Å². The number of aromatic nitrogens is 3. The van der Waals surface area contributed by atoms with Crippen molar-refractivity contribution in [2.45, 2.75) is 25.4 Å². The zero-order chi connectivity index (χ0) is 23.7. The number of urea groups is 1. The quantitative estimate of drug-likeness (QED) is 0.352. The largest absolute Gasteiger partial charge is 0.392 e. The second kappa shape index (κ2) is 8.95. The molecule has 1 aliphatic rings. The smallest absolute Gasteiger partial charge is 0.319 e. The van der Waals surface area contributed by atoms with Crippen molar-refractivity contribution >= 4 is 29.0 Å². The molecule has 9 heteroatoms. The lowest BCUT2D eigenvalue weighted by Crippen LogP contribution is -2.25. The normalized spacial score (nSPS) is 13.0. The van der Waals surface area contributed by atoms with E-state index in [9.17, 15) is 14.7 Å². The molecule has 9 nitrogen and oxygen atoms in total. The van der Waals surface area contributed by atoms with Crippen molar-refractivity contribution in [1.82, 2.24) is 19.9 Å². The van der Waals surface area contributed by atoms with E-state index in [0.717, 1.165) is 0 Å². The van der Waals surface area contributed by atoms with Crippen LogP contribution in [0.5, 0.6) is 0 Å². The van der Waals surface area contributed by atoms with Crippen molar-refractivity contribution in [1.29, 1.82) is 0 Å². The van der Waals surface area contributed by atoms with Gasteiger partial charge in [0.15, 0.2) is 5.65 Å². The Morgan fingerprint density at radius 2 is 1.88 bits per heavy atom. The molecule has 4 aromatic rings. The summed E-state index contributed by atoms with van der Waals surface area (Å²) >= 11 is 0. The monoisotopic (exact) mass is 456 g/mol. The zero-order valence-corrected chi connectivity index (χ0v) is 18.6. The Kier molecular flexibility index (Phi) is 5.69. The van der Waals surface area contributed by atoms with Crippen LogP contribution in [0.15, 0.2) is 60.9 Å². The summed E-state index contributed by atoms with van der Waals surface area (Å²) in [6.45, 7) is -0.311. The number of fused-ring (bicyclic) bond motifs is 1. The second-order valence-electron chi connectivity index (χ2n) is 8.18. The summed E-state index contributed by atoms with van der Waals surface area (Å²) in [7, 11) is 1.52. The number of aliphatic hydroxyl groups excluding tert-OH is 1. The molecule has 0 bridgehead atoms. The van der Waals surface area contributed by atoms with Gasteiger partial charge in [-0.2, -0.15) is 5.10 Å². The molecule has 2 aromatic carbocycles. The van der Waals surface area contributed by atoms with Gasteiger partial charge in [0.1, 0.15) is 0 Å². The molecule has 0 saturated heterocycles. The van der Waals surface area contributed by atoms with Crippen molar-refractivity contribution in [3.63, 3.8) is 0 Å². The fraction of sp³-hybridized carbons (Fsp3) is 0.200. The third-order valence-electron chi connectivity index (χ3n) is 5.91. The molecule has 34 heavy (non-hydrogen) atoms. The van der Waals surface area contributed by atoms with Gasteiger partial charge >= 0.3 is 6.03 Å². The highest BCUT2D eigenvalue weighted by Crippen LogP contribution is 2.40. The Morgan fingerprint density at radius 1 is 1.09 bits per heavy atom. The molecule has 0 spiro atoms. The van der Waals surface area contributed by atoms with Crippen LogP contribution >= 0.6 is 0 Å². The maximum atomic E-state index is 12.9. The van der Waals surface area contributed by atoms with Gasteiger partial charge in [0, 0.05) is 41.8 Å². The zero-order valence-electron chi connectivity index (χ0n) is 18.6. The molecule has 0 unspecified atom stereocenters. The third kappa shape index (κ3) is 4.20. The van der Waals surface area contributed by atoms with E-state index in [1.54, 1.807) is 41.2 Å². The first-order valence-electron chi connectivity index (χ1n) is 11.0. The Balaban J connectivity index is 1.48. The summed E-state index contributed by atoms with van der Waals surface area (Å²) in [5.74, 6) is 0.368. The Morgan fingerprint density at radius 3 is 2.59 bits per heavy atom. The SMILES string of the molecule is CNC(=O)Nc1cc(-c2cccc(NC(=O)c3ccc(C4CC4)cc3)c2CO)nn2ccnc12. The number of carbonyl (C=O) groups excluding carboxylic acids is 2. The molecule has 1 saturated carbocycles. The van der Waals surface area contributed by atoms with Crippen LogP contribution in [-0.2, 0) is 6.61 Å². The number of nitrogens with zero attached hydrogens (tertiary/aromatic N) is 3. The second-order valence-corrected chi connectivity index (χ2v) is 8.18. The highest BCUT2D eigenvalue weighted by Gasteiger charge is 2.23. The lowest BCUT2D eigenvalue weighted by Gasteiger charge is -2.15. The van der Waals surface area contributed by atoms with Gasteiger partial charge in [-0.15, -0.1) is 0 Å².